The number of benzene rings is 2. The minimum atomic E-state index is -0.217. The molecule has 2 amide bonds. The summed E-state index contributed by atoms with van der Waals surface area (Å²) in [4.78, 5) is 12.1. The van der Waals surface area contributed by atoms with Crippen LogP contribution >= 0.6 is 0 Å². The van der Waals surface area contributed by atoms with Gasteiger partial charge in [0.2, 0.25) is 0 Å². The molecule has 5 heteroatoms. The van der Waals surface area contributed by atoms with Gasteiger partial charge in [-0.1, -0.05) is 49.7 Å². The van der Waals surface area contributed by atoms with E-state index in [1.165, 1.54) is 0 Å². The summed E-state index contributed by atoms with van der Waals surface area (Å²) >= 11 is 0. The van der Waals surface area contributed by atoms with Gasteiger partial charge in [0.15, 0.2) is 0 Å². The Morgan fingerprint density at radius 1 is 0.962 bits per heavy atom. The number of ether oxygens (including phenoxy) is 2. The average molecular weight is 356 g/mol. The first-order valence-electron chi connectivity index (χ1n) is 9.18. The van der Waals surface area contributed by atoms with Crippen LogP contribution < -0.4 is 15.4 Å². The summed E-state index contributed by atoms with van der Waals surface area (Å²) in [5, 5.41) is 5.74. The normalized spacial score (nSPS) is 10.3. The van der Waals surface area contributed by atoms with E-state index in [9.17, 15) is 4.79 Å². The number of carbonyl (C=O) groups is 1. The molecule has 0 saturated heterocycles. The lowest BCUT2D eigenvalue weighted by molar-refractivity contribution is 0.129. The second kappa shape index (κ2) is 11.9. The summed E-state index contributed by atoms with van der Waals surface area (Å²) in [6, 6.07) is 17.0. The SMILES string of the molecule is CCCCOCCCNC(=O)Nc1ccccc1COc1ccccc1. The Bertz CT molecular complexity index is 647. The van der Waals surface area contributed by atoms with Crippen LogP contribution in [0.2, 0.25) is 0 Å². The highest BCUT2D eigenvalue weighted by molar-refractivity contribution is 5.90. The van der Waals surface area contributed by atoms with Crippen LogP contribution in [0.25, 0.3) is 0 Å². The van der Waals surface area contributed by atoms with Gasteiger partial charge in [-0.25, -0.2) is 4.79 Å². The Kier molecular flexibility index (Phi) is 9.08. The van der Waals surface area contributed by atoms with Crippen LogP contribution in [-0.4, -0.2) is 25.8 Å². The molecule has 0 atom stereocenters. The predicted molar refractivity (Wildman–Crippen MR) is 105 cm³/mol. The molecule has 0 bridgehead atoms. The Balaban J connectivity index is 1.73. The smallest absolute Gasteiger partial charge is 0.319 e. The van der Waals surface area contributed by atoms with E-state index in [2.05, 4.69) is 17.6 Å². The zero-order valence-electron chi connectivity index (χ0n) is 15.4. The van der Waals surface area contributed by atoms with Crippen LogP contribution in [0.1, 0.15) is 31.7 Å². The van der Waals surface area contributed by atoms with Crippen molar-refractivity contribution in [2.75, 3.05) is 25.1 Å². The Hall–Kier alpha value is -2.53. The molecule has 2 aromatic carbocycles. The number of hydrogen-bond donors (Lipinski definition) is 2. The van der Waals surface area contributed by atoms with Crippen LogP contribution in [-0.2, 0) is 11.3 Å². The van der Waals surface area contributed by atoms with E-state index in [4.69, 9.17) is 9.47 Å². The Morgan fingerprint density at radius 2 is 1.69 bits per heavy atom. The average Bonchev–Trinajstić information content (AvgIpc) is 2.67. The molecule has 0 saturated carbocycles. The number of para-hydroxylation sites is 2. The summed E-state index contributed by atoms with van der Waals surface area (Å²) < 4.78 is 11.3. The van der Waals surface area contributed by atoms with Crippen LogP contribution in [0, 0.1) is 0 Å². The summed E-state index contributed by atoms with van der Waals surface area (Å²) in [5.74, 6) is 0.801. The van der Waals surface area contributed by atoms with Crippen molar-refractivity contribution >= 4 is 11.7 Å². The zero-order chi connectivity index (χ0) is 18.5. The van der Waals surface area contributed by atoms with Gasteiger partial charge in [-0.15, -0.1) is 0 Å². The number of nitrogens with one attached hydrogen (secondary N) is 2. The molecule has 2 N–H and O–H groups in total. The van der Waals surface area contributed by atoms with Gasteiger partial charge in [0.25, 0.3) is 0 Å². The number of carbonyl (C=O) groups excluding carboxylic acids is 1. The molecule has 5 nitrogen and oxygen atoms in total. The third-order valence-corrected chi connectivity index (χ3v) is 3.80. The monoisotopic (exact) mass is 356 g/mol. The van der Waals surface area contributed by atoms with Crippen molar-refractivity contribution in [2.24, 2.45) is 0 Å². The topological polar surface area (TPSA) is 59.6 Å². The van der Waals surface area contributed by atoms with Crippen LogP contribution in [0.4, 0.5) is 10.5 Å². The van der Waals surface area contributed by atoms with E-state index in [0.717, 1.165) is 42.9 Å². The summed E-state index contributed by atoms with van der Waals surface area (Å²) in [6.45, 7) is 4.57. The number of anilines is 1. The molecule has 26 heavy (non-hydrogen) atoms. The van der Waals surface area contributed by atoms with E-state index < -0.39 is 0 Å². The van der Waals surface area contributed by atoms with Crippen LogP contribution in [0.3, 0.4) is 0 Å². The van der Waals surface area contributed by atoms with E-state index >= 15 is 0 Å². The van der Waals surface area contributed by atoms with Crippen LogP contribution in [0.5, 0.6) is 5.75 Å². The molecule has 0 aliphatic carbocycles. The fraction of sp³-hybridized carbons (Fsp3) is 0.381. The van der Waals surface area contributed by atoms with Crippen molar-refractivity contribution in [1.82, 2.24) is 5.32 Å². The molecule has 2 aromatic rings. The lowest BCUT2D eigenvalue weighted by Crippen LogP contribution is -2.30. The number of rotatable bonds is 11. The lowest BCUT2D eigenvalue weighted by Gasteiger charge is -2.13. The largest absolute Gasteiger partial charge is 0.489 e. The van der Waals surface area contributed by atoms with E-state index in [1.807, 2.05) is 54.6 Å². The van der Waals surface area contributed by atoms with Crippen molar-refractivity contribution in [3.05, 3.63) is 60.2 Å². The highest BCUT2D eigenvalue weighted by Crippen LogP contribution is 2.18. The van der Waals surface area contributed by atoms with Crippen molar-refractivity contribution in [2.45, 2.75) is 32.8 Å². The van der Waals surface area contributed by atoms with Gasteiger partial charge in [-0.3, -0.25) is 0 Å². The van der Waals surface area contributed by atoms with Gasteiger partial charge in [-0.05, 0) is 31.0 Å². The quantitative estimate of drug-likeness (QED) is 0.579. The van der Waals surface area contributed by atoms with Crippen LogP contribution in [0.15, 0.2) is 54.6 Å². The third-order valence-electron chi connectivity index (χ3n) is 3.80. The van der Waals surface area contributed by atoms with Gasteiger partial charge in [0.1, 0.15) is 12.4 Å². The molecule has 2 rings (SSSR count). The highest BCUT2D eigenvalue weighted by atomic mass is 16.5. The molecule has 0 spiro atoms. The summed E-state index contributed by atoms with van der Waals surface area (Å²) in [6.07, 6.45) is 3.01. The van der Waals surface area contributed by atoms with Gasteiger partial charge in [0, 0.05) is 31.0 Å². The first-order chi connectivity index (χ1) is 12.8. The molecule has 0 unspecified atom stereocenters. The van der Waals surface area contributed by atoms with Crippen molar-refractivity contribution in [3.63, 3.8) is 0 Å². The van der Waals surface area contributed by atoms with E-state index in [-0.39, 0.29) is 6.03 Å². The molecule has 0 fully saturated rings. The first kappa shape index (κ1) is 19.8. The molecular weight excluding hydrogens is 328 g/mol. The molecule has 140 valence electrons. The second-order valence-electron chi connectivity index (χ2n) is 5.96. The molecule has 0 aliphatic rings. The Labute approximate surface area is 155 Å². The van der Waals surface area contributed by atoms with Gasteiger partial charge in [-0.2, -0.15) is 0 Å². The fourth-order valence-corrected chi connectivity index (χ4v) is 2.34. The second-order valence-corrected chi connectivity index (χ2v) is 5.96. The molecule has 0 heterocycles. The van der Waals surface area contributed by atoms with Crippen molar-refractivity contribution in [3.8, 4) is 5.75 Å². The van der Waals surface area contributed by atoms with Crippen molar-refractivity contribution < 1.29 is 14.3 Å². The Morgan fingerprint density at radius 3 is 2.50 bits per heavy atom. The van der Waals surface area contributed by atoms with Gasteiger partial charge in [0.05, 0.1) is 0 Å². The molecule has 0 aromatic heterocycles. The maximum Gasteiger partial charge on any atom is 0.319 e. The minimum absolute atomic E-state index is 0.217. The minimum Gasteiger partial charge on any atom is -0.489 e. The molecule has 0 aliphatic heterocycles. The van der Waals surface area contributed by atoms with Gasteiger partial charge < -0.3 is 20.1 Å². The number of amides is 2. The third kappa shape index (κ3) is 7.57. The maximum absolute atomic E-state index is 12.1. The summed E-state index contributed by atoms with van der Waals surface area (Å²) in [5.41, 5.74) is 1.68. The highest BCUT2D eigenvalue weighted by Gasteiger charge is 2.06. The number of hydrogen-bond acceptors (Lipinski definition) is 3. The zero-order valence-corrected chi connectivity index (χ0v) is 15.4. The van der Waals surface area contributed by atoms with E-state index in [0.29, 0.717) is 19.8 Å². The number of urea groups is 1. The molecule has 0 radical (unpaired) electrons. The molecular formula is C21H28N2O3. The number of unbranched alkanes of at least 4 members (excludes halogenated alkanes) is 1. The van der Waals surface area contributed by atoms with Crippen molar-refractivity contribution in [1.29, 1.82) is 0 Å². The van der Waals surface area contributed by atoms with Gasteiger partial charge >= 0.3 is 6.03 Å². The summed E-state index contributed by atoms with van der Waals surface area (Å²) in [7, 11) is 0. The van der Waals surface area contributed by atoms with E-state index in [1.54, 1.807) is 0 Å². The maximum atomic E-state index is 12.1. The fourth-order valence-electron chi connectivity index (χ4n) is 2.34. The first-order valence-corrected chi connectivity index (χ1v) is 9.18. The standard InChI is InChI=1S/C21H28N2O3/c1-2-3-15-25-16-9-14-22-21(24)23-20-13-8-7-10-18(20)17-26-19-11-5-4-6-12-19/h4-8,10-13H,2-3,9,14-17H2,1H3,(H2,22,23,24). The predicted octanol–water partition coefficient (Wildman–Crippen LogP) is 4.59. The lowest BCUT2D eigenvalue weighted by atomic mass is 10.2.